The van der Waals surface area contributed by atoms with Crippen LogP contribution >= 0.6 is 0 Å². The number of carbonyl (C=O) groups excluding carboxylic acids is 1. The second-order valence-corrected chi connectivity index (χ2v) is 3.65. The molecule has 2 unspecified atom stereocenters. The Hall–Kier alpha value is -1.43. The number of rotatable bonds is 0. The molecule has 0 aromatic rings. The number of fused-ring (bicyclic) bond motifs is 3. The summed E-state index contributed by atoms with van der Waals surface area (Å²) >= 11 is 0. The van der Waals surface area contributed by atoms with Crippen molar-refractivity contribution in [2.45, 2.75) is 25.1 Å². The van der Waals surface area contributed by atoms with Crippen LogP contribution in [0.1, 0.15) is 12.8 Å². The van der Waals surface area contributed by atoms with E-state index in [9.17, 15) is 4.79 Å². The van der Waals surface area contributed by atoms with Crippen LogP contribution in [-0.2, 0) is 4.74 Å². The zero-order valence-corrected chi connectivity index (χ0v) is 7.62. The van der Waals surface area contributed by atoms with Crippen molar-refractivity contribution in [2.24, 2.45) is 0 Å². The topological polar surface area (TPSA) is 65.6 Å². The highest BCUT2D eigenvalue weighted by molar-refractivity contribution is 5.78. The van der Waals surface area contributed by atoms with Crippen molar-refractivity contribution in [3.8, 4) is 0 Å². The SMILES string of the molecule is O=C1NNC2=COC3NCCCC3N12. The molecule has 0 spiro atoms. The third kappa shape index (κ3) is 0.971. The molecule has 0 aliphatic carbocycles. The second-order valence-electron chi connectivity index (χ2n) is 3.65. The van der Waals surface area contributed by atoms with Crippen molar-refractivity contribution in [1.82, 2.24) is 21.1 Å². The van der Waals surface area contributed by atoms with Gasteiger partial charge in [0.05, 0.1) is 6.04 Å². The summed E-state index contributed by atoms with van der Waals surface area (Å²) < 4.78 is 5.47. The molecule has 3 rings (SSSR count). The molecule has 0 bridgehead atoms. The van der Waals surface area contributed by atoms with Crippen molar-refractivity contribution < 1.29 is 9.53 Å². The van der Waals surface area contributed by atoms with E-state index in [2.05, 4.69) is 16.2 Å². The smallest absolute Gasteiger partial charge is 0.342 e. The van der Waals surface area contributed by atoms with Crippen LogP contribution in [0.5, 0.6) is 0 Å². The lowest BCUT2D eigenvalue weighted by Crippen LogP contribution is -2.56. The normalized spacial score (nSPS) is 34.7. The molecule has 14 heavy (non-hydrogen) atoms. The number of piperidine rings is 1. The van der Waals surface area contributed by atoms with Crippen LogP contribution < -0.4 is 16.2 Å². The van der Waals surface area contributed by atoms with E-state index in [0.29, 0.717) is 5.82 Å². The molecule has 0 saturated carbocycles. The van der Waals surface area contributed by atoms with E-state index in [1.165, 1.54) is 0 Å². The van der Waals surface area contributed by atoms with Gasteiger partial charge in [0.15, 0.2) is 12.0 Å². The summed E-state index contributed by atoms with van der Waals surface area (Å²) in [5, 5.41) is 3.24. The zero-order valence-electron chi connectivity index (χ0n) is 7.62. The van der Waals surface area contributed by atoms with Gasteiger partial charge in [-0.2, -0.15) is 0 Å². The second kappa shape index (κ2) is 2.78. The first kappa shape index (κ1) is 7.93. The number of nitrogens with one attached hydrogen (secondary N) is 3. The minimum Gasteiger partial charge on any atom is -0.477 e. The summed E-state index contributed by atoms with van der Waals surface area (Å²) in [7, 11) is 0. The Morgan fingerprint density at radius 3 is 3.36 bits per heavy atom. The number of carbonyl (C=O) groups is 1. The van der Waals surface area contributed by atoms with E-state index >= 15 is 0 Å². The van der Waals surface area contributed by atoms with Crippen LogP contribution in [0.4, 0.5) is 4.79 Å². The molecule has 3 N–H and O–H groups in total. The molecule has 3 aliphatic heterocycles. The predicted octanol–water partition coefficient (Wildman–Crippen LogP) is -0.577. The number of hydrogen-bond acceptors (Lipinski definition) is 4. The van der Waals surface area contributed by atoms with Gasteiger partial charge in [-0.1, -0.05) is 0 Å². The first-order valence-electron chi connectivity index (χ1n) is 4.80. The Labute approximate surface area is 81.2 Å². The Balaban J connectivity index is 1.91. The van der Waals surface area contributed by atoms with Crippen LogP contribution in [-0.4, -0.2) is 29.7 Å². The molecule has 2 fully saturated rings. The first-order chi connectivity index (χ1) is 6.86. The van der Waals surface area contributed by atoms with Gasteiger partial charge in [-0.3, -0.25) is 15.6 Å². The van der Waals surface area contributed by atoms with E-state index in [-0.39, 0.29) is 18.3 Å². The van der Waals surface area contributed by atoms with E-state index in [1.807, 2.05) is 0 Å². The minimum atomic E-state index is -0.0988. The van der Waals surface area contributed by atoms with Crippen molar-refractivity contribution in [1.29, 1.82) is 0 Å². The summed E-state index contributed by atoms with van der Waals surface area (Å²) in [4.78, 5) is 13.2. The maximum atomic E-state index is 11.5. The summed E-state index contributed by atoms with van der Waals surface area (Å²) in [6, 6.07) is 0.0111. The Kier molecular flexibility index (Phi) is 1.57. The number of hydrogen-bond donors (Lipinski definition) is 3. The van der Waals surface area contributed by atoms with Crippen LogP contribution in [0.2, 0.25) is 0 Å². The third-order valence-electron chi connectivity index (χ3n) is 2.81. The Morgan fingerprint density at radius 1 is 1.50 bits per heavy atom. The van der Waals surface area contributed by atoms with Crippen molar-refractivity contribution in [3.05, 3.63) is 12.1 Å². The van der Waals surface area contributed by atoms with Gasteiger partial charge in [0.2, 0.25) is 0 Å². The standard InChI is InChI=1S/C8H12N4O2/c13-8-11-10-6-4-14-7-5(12(6)8)2-1-3-9-7/h4-5,7,9-10H,1-3H2,(H,11,13). The van der Waals surface area contributed by atoms with Crippen molar-refractivity contribution in [3.63, 3.8) is 0 Å². The van der Waals surface area contributed by atoms with Gasteiger partial charge in [0.25, 0.3) is 0 Å². The van der Waals surface area contributed by atoms with Crippen LogP contribution in [0, 0.1) is 0 Å². The predicted molar refractivity (Wildman–Crippen MR) is 47.5 cm³/mol. The van der Waals surface area contributed by atoms with Gasteiger partial charge in [-0.15, -0.1) is 0 Å². The number of ether oxygens (including phenoxy) is 1. The van der Waals surface area contributed by atoms with E-state index < -0.39 is 0 Å². The highest BCUT2D eigenvalue weighted by Crippen LogP contribution is 2.26. The molecule has 2 amide bonds. The summed E-state index contributed by atoms with van der Waals surface area (Å²) in [5.74, 6) is 0.708. The number of amides is 2. The van der Waals surface area contributed by atoms with Crippen molar-refractivity contribution in [2.75, 3.05) is 6.54 Å². The summed E-state index contributed by atoms with van der Waals surface area (Å²) in [6.07, 6.45) is 3.57. The molecule has 76 valence electrons. The average molecular weight is 196 g/mol. The fourth-order valence-electron chi connectivity index (χ4n) is 2.15. The molecule has 6 nitrogen and oxygen atoms in total. The Morgan fingerprint density at radius 2 is 2.43 bits per heavy atom. The maximum absolute atomic E-state index is 11.5. The van der Waals surface area contributed by atoms with Gasteiger partial charge >= 0.3 is 6.03 Å². The zero-order chi connectivity index (χ0) is 9.54. The van der Waals surface area contributed by atoms with Gasteiger partial charge in [-0.05, 0) is 19.4 Å². The van der Waals surface area contributed by atoms with E-state index in [4.69, 9.17) is 4.74 Å². The molecular weight excluding hydrogens is 184 g/mol. The van der Waals surface area contributed by atoms with Gasteiger partial charge in [0.1, 0.15) is 6.26 Å². The molecule has 2 atom stereocenters. The quantitative estimate of drug-likeness (QED) is 0.485. The molecule has 6 heteroatoms. The van der Waals surface area contributed by atoms with Gasteiger partial charge < -0.3 is 4.74 Å². The minimum absolute atomic E-state index is 0.0573. The van der Waals surface area contributed by atoms with Crippen LogP contribution in [0.3, 0.4) is 0 Å². The van der Waals surface area contributed by atoms with E-state index in [0.717, 1.165) is 19.4 Å². The number of hydrazine groups is 1. The molecule has 3 heterocycles. The summed E-state index contributed by atoms with van der Waals surface area (Å²) in [5.41, 5.74) is 5.33. The van der Waals surface area contributed by atoms with Gasteiger partial charge in [-0.25, -0.2) is 10.2 Å². The molecule has 0 radical (unpaired) electrons. The maximum Gasteiger partial charge on any atom is 0.342 e. The highest BCUT2D eigenvalue weighted by Gasteiger charge is 2.42. The molecule has 3 aliphatic rings. The fourth-order valence-corrected chi connectivity index (χ4v) is 2.15. The summed E-state index contributed by atoms with van der Waals surface area (Å²) in [6.45, 7) is 0.952. The number of urea groups is 1. The highest BCUT2D eigenvalue weighted by atomic mass is 16.5. The molecule has 0 aromatic carbocycles. The molecular formula is C8H12N4O2. The first-order valence-corrected chi connectivity index (χ1v) is 4.80. The van der Waals surface area contributed by atoms with Crippen molar-refractivity contribution >= 4 is 6.03 Å². The van der Waals surface area contributed by atoms with Crippen LogP contribution in [0.15, 0.2) is 12.1 Å². The molecule has 2 saturated heterocycles. The largest absolute Gasteiger partial charge is 0.477 e. The lowest BCUT2D eigenvalue weighted by atomic mass is 10.0. The lowest BCUT2D eigenvalue weighted by molar-refractivity contribution is -0.000945. The Bertz CT molecular complexity index is 304. The van der Waals surface area contributed by atoms with Crippen LogP contribution in [0.25, 0.3) is 0 Å². The van der Waals surface area contributed by atoms with E-state index in [1.54, 1.807) is 11.2 Å². The third-order valence-corrected chi connectivity index (χ3v) is 2.81. The number of nitrogens with zero attached hydrogens (tertiary/aromatic N) is 1. The van der Waals surface area contributed by atoms with Gasteiger partial charge in [0, 0.05) is 0 Å². The lowest BCUT2D eigenvalue weighted by Gasteiger charge is -2.39. The molecule has 0 aromatic heterocycles. The monoisotopic (exact) mass is 196 g/mol. The fraction of sp³-hybridized carbons (Fsp3) is 0.625. The average Bonchev–Trinajstić information content (AvgIpc) is 2.61.